The summed E-state index contributed by atoms with van der Waals surface area (Å²) in [6.45, 7) is 0. The standard InChI is InChI=1S/C61H41N5/c1-5-16-40(17-6-1)45-28-32-55-50(36-45)51-38-47(30-33-56(51)65(55)54-27-15-25-42-20-13-14-26-49(42)54)48-31-35-58-53(39-48)52-37-46(41-18-7-2-8-19-41)29-34-57(52)66(58)61-63-59(43-21-9-3-10-22-43)62-60(64-61)44-23-11-4-12-24-44/h1-35,37-39,45H,36H2. The molecular formula is C61H41N5. The highest BCUT2D eigenvalue weighted by Gasteiger charge is 2.25. The van der Waals surface area contributed by atoms with E-state index in [1.54, 1.807) is 0 Å². The highest BCUT2D eigenvalue weighted by Crippen LogP contribution is 2.43. The molecule has 3 heterocycles. The Morgan fingerprint density at radius 3 is 1.50 bits per heavy atom. The van der Waals surface area contributed by atoms with E-state index in [1.807, 2.05) is 36.4 Å². The third-order valence-corrected chi connectivity index (χ3v) is 13.4. The van der Waals surface area contributed by atoms with E-state index >= 15 is 0 Å². The first-order chi connectivity index (χ1) is 32.7. The lowest BCUT2D eigenvalue weighted by atomic mass is 9.86. The Bertz CT molecular complexity index is 3770. The van der Waals surface area contributed by atoms with Crippen LogP contribution in [0.2, 0.25) is 0 Å². The third-order valence-electron chi connectivity index (χ3n) is 13.4. The van der Waals surface area contributed by atoms with E-state index in [9.17, 15) is 0 Å². The molecule has 1 aliphatic rings. The fourth-order valence-corrected chi connectivity index (χ4v) is 10.2. The normalized spacial score (nSPS) is 13.5. The SMILES string of the molecule is C1=CC(c2ccccc2)Cc2c1n(-c1cccc3ccccc13)c1ccc(-c3ccc4c(c3)c3cc(-c5ccccc5)ccc3n4-c3nc(-c4ccccc4)nc(-c4ccccc4)n3)cc21. The molecule has 5 heteroatoms. The van der Waals surface area contributed by atoms with Gasteiger partial charge in [0.25, 0.3) is 0 Å². The highest BCUT2D eigenvalue weighted by atomic mass is 15.2. The quantitative estimate of drug-likeness (QED) is 0.161. The summed E-state index contributed by atoms with van der Waals surface area (Å²) in [5.41, 5.74) is 14.9. The molecule has 0 saturated heterocycles. The summed E-state index contributed by atoms with van der Waals surface area (Å²) in [5.74, 6) is 2.12. The van der Waals surface area contributed by atoms with Crippen LogP contribution in [0.25, 0.3) is 106 Å². The van der Waals surface area contributed by atoms with Crippen molar-refractivity contribution in [2.24, 2.45) is 0 Å². The predicted octanol–water partition coefficient (Wildman–Crippen LogP) is 15.1. The van der Waals surface area contributed by atoms with Crippen LogP contribution in [0, 0.1) is 0 Å². The maximum atomic E-state index is 5.22. The number of benzene rings is 9. The minimum Gasteiger partial charge on any atom is -0.309 e. The highest BCUT2D eigenvalue weighted by molar-refractivity contribution is 6.12. The van der Waals surface area contributed by atoms with E-state index < -0.39 is 0 Å². The average Bonchev–Trinajstić information content (AvgIpc) is 3.90. The lowest BCUT2D eigenvalue weighted by Gasteiger charge is -2.20. The van der Waals surface area contributed by atoms with E-state index in [2.05, 4.69) is 203 Å². The van der Waals surface area contributed by atoms with Gasteiger partial charge < -0.3 is 4.57 Å². The van der Waals surface area contributed by atoms with Crippen molar-refractivity contribution in [3.63, 3.8) is 0 Å². The smallest absolute Gasteiger partial charge is 0.238 e. The fraction of sp³-hybridized carbons (Fsp3) is 0.0328. The summed E-state index contributed by atoms with van der Waals surface area (Å²) in [4.78, 5) is 15.5. The van der Waals surface area contributed by atoms with E-state index in [0.717, 1.165) is 50.5 Å². The molecule has 12 aromatic rings. The first kappa shape index (κ1) is 37.8. The van der Waals surface area contributed by atoms with Crippen molar-refractivity contribution in [2.45, 2.75) is 12.3 Å². The second-order valence-corrected chi connectivity index (χ2v) is 17.2. The van der Waals surface area contributed by atoms with Crippen molar-refractivity contribution in [3.05, 3.63) is 241 Å². The summed E-state index contributed by atoms with van der Waals surface area (Å²) in [7, 11) is 0. The Labute approximate surface area is 382 Å². The van der Waals surface area contributed by atoms with Crippen LogP contribution < -0.4 is 0 Å². The molecule has 66 heavy (non-hydrogen) atoms. The van der Waals surface area contributed by atoms with Crippen molar-refractivity contribution in [3.8, 4) is 56.7 Å². The van der Waals surface area contributed by atoms with Crippen LogP contribution in [0.4, 0.5) is 0 Å². The molecule has 0 N–H and O–H groups in total. The molecule has 0 spiro atoms. The molecule has 9 aromatic carbocycles. The maximum absolute atomic E-state index is 5.22. The topological polar surface area (TPSA) is 48.5 Å². The minimum absolute atomic E-state index is 0.287. The van der Waals surface area contributed by atoms with E-state index in [4.69, 9.17) is 15.0 Å². The van der Waals surface area contributed by atoms with Gasteiger partial charge in [0.05, 0.1) is 22.2 Å². The molecule has 0 radical (unpaired) electrons. The predicted molar refractivity (Wildman–Crippen MR) is 272 cm³/mol. The van der Waals surface area contributed by atoms with Crippen molar-refractivity contribution in [1.29, 1.82) is 0 Å². The zero-order valence-electron chi connectivity index (χ0n) is 36.0. The van der Waals surface area contributed by atoms with Gasteiger partial charge in [-0.3, -0.25) is 4.57 Å². The van der Waals surface area contributed by atoms with Gasteiger partial charge in [-0.15, -0.1) is 0 Å². The van der Waals surface area contributed by atoms with Crippen LogP contribution in [0.15, 0.2) is 224 Å². The molecular weight excluding hydrogens is 803 g/mol. The van der Waals surface area contributed by atoms with E-state index in [0.29, 0.717) is 17.6 Å². The van der Waals surface area contributed by atoms with Gasteiger partial charge in [-0.25, -0.2) is 4.98 Å². The summed E-state index contributed by atoms with van der Waals surface area (Å²) in [6.07, 6.45) is 5.67. The lowest BCUT2D eigenvalue weighted by Crippen LogP contribution is -2.07. The molecule has 3 aromatic heterocycles. The summed E-state index contributed by atoms with van der Waals surface area (Å²) >= 11 is 0. The maximum Gasteiger partial charge on any atom is 0.238 e. The number of fused-ring (bicyclic) bond motifs is 7. The van der Waals surface area contributed by atoms with Gasteiger partial charge in [0.2, 0.25) is 5.95 Å². The first-order valence-electron chi connectivity index (χ1n) is 22.6. The van der Waals surface area contributed by atoms with Gasteiger partial charge in [0.15, 0.2) is 11.6 Å². The zero-order valence-corrected chi connectivity index (χ0v) is 36.0. The zero-order chi connectivity index (χ0) is 43.6. The Morgan fingerprint density at radius 2 is 0.879 bits per heavy atom. The van der Waals surface area contributed by atoms with E-state index in [-0.39, 0.29) is 5.92 Å². The molecule has 310 valence electrons. The van der Waals surface area contributed by atoms with Gasteiger partial charge in [-0.2, -0.15) is 9.97 Å². The lowest BCUT2D eigenvalue weighted by molar-refractivity contribution is 0.825. The van der Waals surface area contributed by atoms with Gasteiger partial charge >= 0.3 is 0 Å². The molecule has 5 nitrogen and oxygen atoms in total. The molecule has 1 unspecified atom stereocenters. The third kappa shape index (κ3) is 6.35. The molecule has 0 bridgehead atoms. The Morgan fingerprint density at radius 1 is 0.379 bits per heavy atom. The minimum atomic E-state index is 0.287. The van der Waals surface area contributed by atoms with Gasteiger partial charge in [-0.1, -0.05) is 182 Å². The van der Waals surface area contributed by atoms with Gasteiger partial charge in [-0.05, 0) is 93.7 Å². The van der Waals surface area contributed by atoms with Crippen LogP contribution in [-0.4, -0.2) is 24.1 Å². The number of nitrogens with zero attached hydrogens (tertiary/aromatic N) is 5. The Hall–Kier alpha value is -8.67. The number of allylic oxidation sites excluding steroid dienone is 1. The van der Waals surface area contributed by atoms with Crippen LogP contribution in [-0.2, 0) is 6.42 Å². The van der Waals surface area contributed by atoms with Crippen molar-refractivity contribution in [2.75, 3.05) is 0 Å². The first-order valence-corrected chi connectivity index (χ1v) is 22.6. The summed E-state index contributed by atoms with van der Waals surface area (Å²) in [5, 5.41) is 6.01. The van der Waals surface area contributed by atoms with Gasteiger partial charge in [0.1, 0.15) is 0 Å². The summed E-state index contributed by atoms with van der Waals surface area (Å²) < 4.78 is 4.70. The van der Waals surface area contributed by atoms with Crippen molar-refractivity contribution < 1.29 is 0 Å². The molecule has 1 atom stereocenters. The fourth-order valence-electron chi connectivity index (χ4n) is 10.2. The molecule has 0 fully saturated rings. The van der Waals surface area contributed by atoms with Crippen molar-refractivity contribution in [1.82, 2.24) is 24.1 Å². The average molecular weight is 844 g/mol. The Balaban J connectivity index is 1.02. The number of aromatic nitrogens is 5. The van der Waals surface area contributed by atoms with E-state index in [1.165, 1.54) is 55.3 Å². The Kier molecular flexibility index (Phi) is 8.91. The monoisotopic (exact) mass is 843 g/mol. The van der Waals surface area contributed by atoms with Crippen LogP contribution >= 0.6 is 0 Å². The second kappa shape index (κ2) is 15.5. The second-order valence-electron chi connectivity index (χ2n) is 17.2. The largest absolute Gasteiger partial charge is 0.309 e. The number of hydrogen-bond donors (Lipinski definition) is 0. The molecule has 0 amide bonds. The number of hydrogen-bond acceptors (Lipinski definition) is 3. The molecule has 1 aliphatic carbocycles. The molecule has 0 aliphatic heterocycles. The van der Waals surface area contributed by atoms with Gasteiger partial charge in [0, 0.05) is 44.3 Å². The van der Waals surface area contributed by atoms with Crippen LogP contribution in [0.3, 0.4) is 0 Å². The summed E-state index contributed by atoms with van der Waals surface area (Å²) in [6, 6.07) is 77.9. The van der Waals surface area contributed by atoms with Crippen molar-refractivity contribution >= 4 is 49.6 Å². The molecule has 0 saturated carbocycles. The van der Waals surface area contributed by atoms with Crippen LogP contribution in [0.1, 0.15) is 22.7 Å². The molecule has 13 rings (SSSR count). The number of rotatable bonds is 7. The van der Waals surface area contributed by atoms with Crippen LogP contribution in [0.5, 0.6) is 0 Å².